The topological polar surface area (TPSA) is 46.5 Å². The number of hydrogen-bond acceptors (Lipinski definition) is 4. The van der Waals surface area contributed by atoms with Crippen molar-refractivity contribution in [3.63, 3.8) is 0 Å². The van der Waals surface area contributed by atoms with Crippen molar-refractivity contribution in [1.29, 1.82) is 2.77 Å². The zero-order valence-corrected chi connectivity index (χ0v) is 12.2. The maximum Gasteiger partial charge on any atom is 0.303 e. The van der Waals surface area contributed by atoms with E-state index in [9.17, 15) is 4.79 Å². The summed E-state index contributed by atoms with van der Waals surface area (Å²) >= 11 is 3.63. The minimum atomic E-state index is -0.378. The van der Waals surface area contributed by atoms with E-state index in [0.29, 0.717) is 6.42 Å². The van der Waals surface area contributed by atoms with Gasteiger partial charge in [0.15, 0.2) is 6.52 Å². The molecule has 0 fully saturated rings. The second kappa shape index (κ2) is 9.28. The van der Waals surface area contributed by atoms with Crippen molar-refractivity contribution in [1.82, 2.24) is 0 Å². The van der Waals surface area contributed by atoms with E-state index in [1.54, 1.807) is 12.9 Å². The molecule has 0 aromatic heterocycles. The molecule has 0 heterocycles. The van der Waals surface area contributed by atoms with Crippen LogP contribution in [0.3, 0.4) is 0 Å². The third-order valence-corrected chi connectivity index (χ3v) is 2.55. The molecule has 0 aromatic carbocycles. The molecule has 5 heteroatoms. The first-order valence-corrected chi connectivity index (χ1v) is 6.51. The van der Waals surface area contributed by atoms with Crippen LogP contribution >= 0.6 is 12.5 Å². The summed E-state index contributed by atoms with van der Waals surface area (Å²) in [5.41, 5.74) is 1.16. The highest BCUT2D eigenvalue weighted by atomic mass is 32.1. The number of hydrogen-bond donors (Lipinski definition) is 2. The van der Waals surface area contributed by atoms with E-state index < -0.39 is 0 Å². The van der Waals surface area contributed by atoms with Crippen molar-refractivity contribution in [3.05, 3.63) is 24.3 Å². The number of rotatable bonds is 4. The van der Waals surface area contributed by atoms with Crippen LogP contribution in [0.15, 0.2) is 24.3 Å². The molecule has 3 nitrogen and oxygen atoms in total. The summed E-state index contributed by atoms with van der Waals surface area (Å²) in [5.74, 6) is -0.278. The van der Waals surface area contributed by atoms with Crippen LogP contribution in [-0.2, 0) is 9.53 Å². The fraction of sp³-hybridized carbons (Fsp3) is 0.615. The largest absolute Gasteiger partial charge is 0.459 e. The van der Waals surface area contributed by atoms with E-state index in [-0.39, 0.29) is 30.6 Å². The van der Waals surface area contributed by atoms with Gasteiger partial charge in [-0.05, 0) is 21.1 Å². The molecule has 0 spiro atoms. The van der Waals surface area contributed by atoms with Crippen molar-refractivity contribution in [2.45, 2.75) is 45.7 Å². The van der Waals surface area contributed by atoms with Crippen molar-refractivity contribution < 1.29 is 14.6 Å². The van der Waals surface area contributed by atoms with Crippen molar-refractivity contribution >= 4 is 25.0 Å². The third-order valence-electron chi connectivity index (χ3n) is 2.55. The Labute approximate surface area is 119 Å². The molecule has 3 atom stereocenters. The Kier molecular flexibility index (Phi) is 7.09. The van der Waals surface area contributed by atoms with E-state index >= 15 is 0 Å². The van der Waals surface area contributed by atoms with Crippen molar-refractivity contribution in [3.8, 4) is 0 Å². The lowest BCUT2D eigenvalue weighted by Gasteiger charge is -2.32. The number of thiol groups is 1. The Bertz CT molecular complexity index is 348. The van der Waals surface area contributed by atoms with Gasteiger partial charge in [0.05, 0.1) is 6.10 Å². The Morgan fingerprint density at radius 1 is 2.00 bits per heavy atom. The minimum absolute atomic E-state index is 0.0606. The molecule has 1 aliphatic rings. The fourth-order valence-corrected chi connectivity index (χ4v) is 1.99. The number of aliphatic hydroxyl groups excluding tert-OH is 1. The molecular formula is C13H23BO3S. The average molecular weight is 273 g/mol. The Hall–Kier alpha value is -0.675. The second-order valence-corrected chi connectivity index (χ2v) is 4.79. The van der Waals surface area contributed by atoms with Gasteiger partial charge in [-0.1, -0.05) is 24.5 Å². The van der Waals surface area contributed by atoms with Gasteiger partial charge in [-0.2, -0.15) is 0 Å². The number of ether oxygens (including phenoxy) is 1. The molecule has 0 radical (unpaired) electrons. The molecule has 0 aromatic rings. The SMILES string of the molecule is [2H]B(C)S.[3H]O[C@@H]1CC(C)=C[C@H](CC=C)[C@H]1OC(C)=O. The maximum absolute atomic E-state index is 11.0. The summed E-state index contributed by atoms with van der Waals surface area (Å²) in [6.45, 7) is 8.53. The maximum atomic E-state index is 11.0. The Morgan fingerprint density at radius 3 is 3.06 bits per heavy atom. The van der Waals surface area contributed by atoms with Crippen LogP contribution < -0.4 is 0 Å². The van der Waals surface area contributed by atoms with Crippen LogP contribution in [0.25, 0.3) is 0 Å². The zero-order chi connectivity index (χ0) is 15.7. The van der Waals surface area contributed by atoms with Gasteiger partial charge < -0.3 is 9.85 Å². The van der Waals surface area contributed by atoms with E-state index in [1.165, 1.54) is 6.92 Å². The summed E-state index contributed by atoms with van der Waals surface area (Å²) in [7, 11) is 0. The number of carbonyl (C=O) groups is 1. The van der Waals surface area contributed by atoms with Crippen molar-refractivity contribution in [2.24, 2.45) is 5.92 Å². The summed E-state index contributed by atoms with van der Waals surface area (Å²) in [6.07, 6.45) is 4.46. The summed E-state index contributed by atoms with van der Waals surface area (Å²) < 4.78 is 18.7. The van der Waals surface area contributed by atoms with Gasteiger partial charge in [0, 0.05) is 12.8 Å². The normalized spacial score (nSPS) is 27.8. The molecular weight excluding hydrogens is 247 g/mol. The van der Waals surface area contributed by atoms with Gasteiger partial charge in [0.25, 0.3) is 0 Å². The van der Waals surface area contributed by atoms with Crippen LogP contribution in [0.4, 0.5) is 0 Å². The molecule has 0 bridgehead atoms. The van der Waals surface area contributed by atoms with Gasteiger partial charge >= 0.3 is 5.97 Å². The zero-order valence-electron chi connectivity index (χ0n) is 13.3. The quantitative estimate of drug-likeness (QED) is 0.357. The second-order valence-electron chi connectivity index (χ2n) is 4.28. The summed E-state index contributed by atoms with van der Waals surface area (Å²) in [4.78, 5) is 11.0. The number of carbonyl (C=O) groups excluding carboxylic acids is 1. The molecule has 0 saturated heterocycles. The first-order chi connectivity index (χ1) is 9.31. The van der Waals surface area contributed by atoms with Gasteiger partial charge in [-0.3, -0.25) is 4.79 Å². The lowest BCUT2D eigenvalue weighted by Crippen LogP contribution is -2.39. The lowest BCUT2D eigenvalue weighted by atomic mass is 9.84. The number of esters is 1. The smallest absolute Gasteiger partial charge is 0.303 e. The van der Waals surface area contributed by atoms with Crippen LogP contribution in [-0.4, -0.2) is 32.6 Å². The Balaban J connectivity index is 0.000000796. The molecule has 1 aliphatic carbocycles. The van der Waals surface area contributed by atoms with Crippen LogP contribution in [0, 0.1) is 5.92 Å². The summed E-state index contributed by atoms with van der Waals surface area (Å²) in [5, 5.41) is 4.65. The summed E-state index contributed by atoms with van der Waals surface area (Å²) in [6, 6.07) is 0. The van der Waals surface area contributed by atoms with Crippen molar-refractivity contribution in [2.75, 3.05) is 0 Å². The van der Waals surface area contributed by atoms with Gasteiger partial charge in [-0.15, -0.1) is 6.58 Å². The molecule has 0 amide bonds. The van der Waals surface area contributed by atoms with E-state index in [4.69, 9.17) is 7.50 Å². The predicted octanol–water partition coefficient (Wildman–Crippen LogP) is 2.14. The predicted molar refractivity (Wildman–Crippen MR) is 80.2 cm³/mol. The number of aliphatic hydroxyl groups is 1. The first kappa shape index (κ1) is 13.7. The minimum Gasteiger partial charge on any atom is -0.459 e. The fourth-order valence-electron chi connectivity index (χ4n) is 1.99. The molecule has 0 saturated carbocycles. The first-order valence-electron chi connectivity index (χ1n) is 6.98. The molecule has 1 rings (SSSR count). The van der Waals surface area contributed by atoms with Gasteiger partial charge in [0.1, 0.15) is 6.10 Å². The highest BCUT2D eigenvalue weighted by Gasteiger charge is 2.32. The molecule has 1 N–H and O–H groups in total. The molecule has 0 unspecified atom stereocenters. The highest BCUT2D eigenvalue weighted by molar-refractivity contribution is 8.06. The van der Waals surface area contributed by atoms with Crippen LogP contribution in [0.2, 0.25) is 6.82 Å². The van der Waals surface area contributed by atoms with E-state index in [0.717, 1.165) is 12.0 Å². The van der Waals surface area contributed by atoms with Gasteiger partial charge in [0.2, 0.25) is 1.43 Å². The van der Waals surface area contributed by atoms with E-state index in [2.05, 4.69) is 30.2 Å². The van der Waals surface area contributed by atoms with Crippen LogP contribution in [0.5, 0.6) is 0 Å². The Morgan fingerprint density at radius 2 is 2.61 bits per heavy atom. The highest BCUT2D eigenvalue weighted by Crippen LogP contribution is 2.28. The van der Waals surface area contributed by atoms with Gasteiger partial charge in [-0.25, -0.2) is 12.5 Å². The standard InChI is InChI=1S/C12H18O3.CH5BS/c1-4-5-10-6-8(2)7-11(14)12(10)15-9(3)13;1-2-3/h4,6,10-12,14H,1,5,7H2,2-3H3;2-3H,1H3/t10-,11+,12+;/m0./s1/i14T;2D. The third kappa shape index (κ3) is 6.31. The monoisotopic (exact) mass is 273 g/mol. The number of allylic oxidation sites excluding steroid dienone is 1. The lowest BCUT2D eigenvalue weighted by molar-refractivity contribution is -0.156. The van der Waals surface area contributed by atoms with Crippen LogP contribution in [0.1, 0.15) is 26.7 Å². The average Bonchev–Trinajstić information content (AvgIpc) is 2.31. The molecule has 102 valence electrons. The van der Waals surface area contributed by atoms with E-state index in [1.807, 2.05) is 6.92 Å². The molecule has 18 heavy (non-hydrogen) atoms. The molecule has 0 aliphatic heterocycles.